The van der Waals surface area contributed by atoms with Crippen LogP contribution in [-0.4, -0.2) is 0 Å². The number of halogens is 2. The molecule has 0 amide bonds. The van der Waals surface area contributed by atoms with E-state index in [2.05, 4.69) is 38.5 Å². The average Bonchev–Trinajstić information content (AvgIpc) is 2.27. The molecule has 0 atom stereocenters. The van der Waals surface area contributed by atoms with E-state index >= 15 is 0 Å². The minimum Gasteiger partial charge on any atom is -0.455 e. The average molecular weight is 390 g/mol. The van der Waals surface area contributed by atoms with Crippen LogP contribution in [0.3, 0.4) is 0 Å². The first kappa shape index (κ1) is 11.7. The van der Waals surface area contributed by atoms with E-state index in [4.69, 9.17) is 10.5 Å². The smallest absolute Gasteiger partial charge is 0.151 e. The Morgan fingerprint density at radius 1 is 1.06 bits per heavy atom. The van der Waals surface area contributed by atoms with Crippen molar-refractivity contribution in [3.8, 4) is 11.5 Å². The molecular weight excluding hydrogens is 381 g/mol. The maximum Gasteiger partial charge on any atom is 0.151 e. The van der Waals surface area contributed by atoms with Crippen LogP contribution in [0.1, 0.15) is 0 Å². The molecule has 0 aromatic heterocycles. The molecule has 0 saturated carbocycles. The molecule has 0 aliphatic rings. The van der Waals surface area contributed by atoms with Gasteiger partial charge in [0.15, 0.2) is 5.75 Å². The summed E-state index contributed by atoms with van der Waals surface area (Å²) in [6.07, 6.45) is 0. The van der Waals surface area contributed by atoms with Gasteiger partial charge in [0.25, 0.3) is 0 Å². The Morgan fingerprint density at radius 2 is 1.75 bits per heavy atom. The van der Waals surface area contributed by atoms with Gasteiger partial charge in [-0.3, -0.25) is 0 Å². The molecule has 0 fully saturated rings. The second-order valence-corrected chi connectivity index (χ2v) is 5.40. The van der Waals surface area contributed by atoms with Crippen LogP contribution in [0.5, 0.6) is 11.5 Å². The predicted molar refractivity (Wildman–Crippen MR) is 77.8 cm³/mol. The van der Waals surface area contributed by atoms with Crippen LogP contribution in [0, 0.1) is 3.57 Å². The van der Waals surface area contributed by atoms with Crippen LogP contribution in [-0.2, 0) is 0 Å². The van der Waals surface area contributed by atoms with Crippen LogP contribution in [0.25, 0.3) is 0 Å². The van der Waals surface area contributed by atoms with Gasteiger partial charge in [0.1, 0.15) is 5.75 Å². The van der Waals surface area contributed by atoms with E-state index < -0.39 is 0 Å². The maximum atomic E-state index is 5.82. The summed E-state index contributed by atoms with van der Waals surface area (Å²) in [5, 5.41) is 0. The number of anilines is 1. The highest BCUT2D eigenvalue weighted by molar-refractivity contribution is 14.1. The number of rotatable bonds is 2. The second kappa shape index (κ2) is 5.05. The summed E-state index contributed by atoms with van der Waals surface area (Å²) >= 11 is 5.64. The fourth-order valence-electron chi connectivity index (χ4n) is 1.23. The predicted octanol–water partition coefficient (Wildman–Crippen LogP) is 4.43. The Hall–Kier alpha value is -0.750. The van der Waals surface area contributed by atoms with Gasteiger partial charge < -0.3 is 10.5 Å². The molecule has 0 aliphatic carbocycles. The molecule has 0 bridgehead atoms. The van der Waals surface area contributed by atoms with Gasteiger partial charge in [-0.25, -0.2) is 0 Å². The molecule has 2 aromatic rings. The fraction of sp³-hybridized carbons (Fsp3) is 0. The highest BCUT2D eigenvalue weighted by Crippen LogP contribution is 2.30. The molecule has 0 aliphatic heterocycles. The van der Waals surface area contributed by atoms with Gasteiger partial charge in [-0.2, -0.15) is 0 Å². The van der Waals surface area contributed by atoms with Crippen molar-refractivity contribution in [1.29, 1.82) is 0 Å². The third-order valence-electron chi connectivity index (χ3n) is 2.02. The van der Waals surface area contributed by atoms with Crippen molar-refractivity contribution in [2.75, 3.05) is 5.73 Å². The minimum atomic E-state index is 0.627. The van der Waals surface area contributed by atoms with Crippen molar-refractivity contribution >= 4 is 44.2 Å². The third-order valence-corrected chi connectivity index (χ3v) is 3.23. The number of nitrogens with two attached hydrogens (primary N) is 1. The van der Waals surface area contributed by atoms with Crippen molar-refractivity contribution in [2.24, 2.45) is 0 Å². The molecule has 16 heavy (non-hydrogen) atoms. The van der Waals surface area contributed by atoms with Crippen molar-refractivity contribution in [2.45, 2.75) is 0 Å². The SMILES string of the molecule is Nc1ccc(Br)cc1Oc1ccc(I)cc1. The standard InChI is InChI=1S/C12H9BrINO/c13-8-1-6-11(15)12(7-8)16-10-4-2-9(14)3-5-10/h1-7H,15H2. The van der Waals surface area contributed by atoms with Crippen molar-refractivity contribution in [3.63, 3.8) is 0 Å². The lowest BCUT2D eigenvalue weighted by Gasteiger charge is -2.08. The highest BCUT2D eigenvalue weighted by atomic mass is 127. The quantitative estimate of drug-likeness (QED) is 0.609. The lowest BCUT2D eigenvalue weighted by Crippen LogP contribution is -1.91. The Balaban J connectivity index is 2.26. The fourth-order valence-corrected chi connectivity index (χ4v) is 1.93. The number of hydrogen-bond acceptors (Lipinski definition) is 2. The first-order valence-electron chi connectivity index (χ1n) is 4.63. The summed E-state index contributed by atoms with van der Waals surface area (Å²) < 4.78 is 7.81. The summed E-state index contributed by atoms with van der Waals surface area (Å²) in [6.45, 7) is 0. The Morgan fingerprint density at radius 3 is 2.44 bits per heavy atom. The minimum absolute atomic E-state index is 0.627. The molecular formula is C12H9BrINO. The Labute approximate surface area is 116 Å². The normalized spacial score (nSPS) is 10.1. The first-order valence-corrected chi connectivity index (χ1v) is 6.51. The van der Waals surface area contributed by atoms with Crippen molar-refractivity contribution in [3.05, 3.63) is 50.5 Å². The first-order chi connectivity index (χ1) is 7.65. The van der Waals surface area contributed by atoms with Gasteiger partial charge in [0.05, 0.1) is 5.69 Å². The highest BCUT2D eigenvalue weighted by Gasteiger charge is 2.02. The van der Waals surface area contributed by atoms with Crippen LogP contribution in [0.15, 0.2) is 46.9 Å². The molecule has 0 spiro atoms. The monoisotopic (exact) mass is 389 g/mol. The van der Waals surface area contributed by atoms with Crippen LogP contribution < -0.4 is 10.5 Å². The van der Waals surface area contributed by atoms with E-state index in [1.165, 1.54) is 3.57 Å². The molecule has 0 saturated heterocycles. The molecule has 82 valence electrons. The van der Waals surface area contributed by atoms with E-state index in [1.807, 2.05) is 42.5 Å². The summed E-state index contributed by atoms with van der Waals surface area (Å²) in [5.41, 5.74) is 6.45. The largest absolute Gasteiger partial charge is 0.455 e. The van der Waals surface area contributed by atoms with Crippen LogP contribution in [0.2, 0.25) is 0 Å². The zero-order valence-corrected chi connectivity index (χ0v) is 12.0. The van der Waals surface area contributed by atoms with Crippen molar-refractivity contribution < 1.29 is 4.74 Å². The van der Waals surface area contributed by atoms with Crippen LogP contribution >= 0.6 is 38.5 Å². The lowest BCUT2D eigenvalue weighted by molar-refractivity contribution is 0.484. The number of hydrogen-bond donors (Lipinski definition) is 1. The van der Waals surface area contributed by atoms with E-state index in [0.29, 0.717) is 11.4 Å². The maximum absolute atomic E-state index is 5.82. The summed E-state index contributed by atoms with van der Waals surface area (Å²) in [4.78, 5) is 0. The summed E-state index contributed by atoms with van der Waals surface area (Å²) in [6, 6.07) is 13.4. The molecule has 0 heterocycles. The topological polar surface area (TPSA) is 35.2 Å². The van der Waals surface area contributed by atoms with E-state index in [1.54, 1.807) is 0 Å². The van der Waals surface area contributed by atoms with E-state index in [9.17, 15) is 0 Å². The van der Waals surface area contributed by atoms with Gasteiger partial charge >= 0.3 is 0 Å². The number of benzene rings is 2. The van der Waals surface area contributed by atoms with Gasteiger partial charge in [-0.15, -0.1) is 0 Å². The lowest BCUT2D eigenvalue weighted by atomic mass is 10.3. The Kier molecular flexibility index (Phi) is 3.70. The van der Waals surface area contributed by atoms with Crippen molar-refractivity contribution in [1.82, 2.24) is 0 Å². The Bertz CT molecular complexity index is 499. The van der Waals surface area contributed by atoms with Gasteiger partial charge in [-0.1, -0.05) is 15.9 Å². The molecule has 2 aromatic carbocycles. The summed E-state index contributed by atoms with van der Waals surface area (Å²) in [5.74, 6) is 1.45. The molecule has 2 nitrogen and oxygen atoms in total. The number of ether oxygens (including phenoxy) is 1. The van der Waals surface area contributed by atoms with E-state index in [0.717, 1.165) is 10.2 Å². The van der Waals surface area contributed by atoms with Gasteiger partial charge in [0, 0.05) is 8.04 Å². The molecule has 0 radical (unpaired) electrons. The molecule has 2 N–H and O–H groups in total. The zero-order chi connectivity index (χ0) is 11.5. The van der Waals surface area contributed by atoms with Gasteiger partial charge in [-0.05, 0) is 65.1 Å². The van der Waals surface area contributed by atoms with Gasteiger partial charge in [0.2, 0.25) is 0 Å². The number of nitrogen functional groups attached to an aromatic ring is 1. The molecule has 0 unspecified atom stereocenters. The van der Waals surface area contributed by atoms with E-state index in [-0.39, 0.29) is 0 Å². The van der Waals surface area contributed by atoms with Crippen LogP contribution in [0.4, 0.5) is 5.69 Å². The summed E-state index contributed by atoms with van der Waals surface area (Å²) in [7, 11) is 0. The zero-order valence-electron chi connectivity index (χ0n) is 8.28. The second-order valence-electron chi connectivity index (χ2n) is 3.24. The third kappa shape index (κ3) is 2.89. The molecule has 4 heteroatoms. The molecule has 2 rings (SSSR count).